The summed E-state index contributed by atoms with van der Waals surface area (Å²) in [6, 6.07) is 3.99. The predicted molar refractivity (Wildman–Crippen MR) is 113 cm³/mol. The first-order chi connectivity index (χ1) is 14.0. The van der Waals surface area contributed by atoms with Crippen LogP contribution in [0, 0.1) is 13.8 Å². The van der Waals surface area contributed by atoms with Crippen molar-refractivity contribution in [3.8, 4) is 17.2 Å². The Morgan fingerprint density at radius 2 is 1.66 bits per heavy atom. The third-order valence-electron chi connectivity index (χ3n) is 4.00. The molecule has 2 aromatic rings. The Balaban J connectivity index is 1.78. The molecule has 156 valence electrons. The highest BCUT2D eigenvalue weighted by molar-refractivity contribution is 5.94. The summed E-state index contributed by atoms with van der Waals surface area (Å²) in [7, 11) is 1.49. The van der Waals surface area contributed by atoms with Crippen molar-refractivity contribution in [2.24, 2.45) is 5.16 Å². The van der Waals surface area contributed by atoms with Crippen LogP contribution in [0.25, 0.3) is 0 Å². The number of nitrogens with zero attached hydrogens (tertiary/aromatic N) is 3. The average molecular weight is 399 g/mol. The molecule has 29 heavy (non-hydrogen) atoms. The molecule has 0 saturated carbocycles. The summed E-state index contributed by atoms with van der Waals surface area (Å²) in [5.41, 5.74) is 2.72. The first-order valence-electron chi connectivity index (χ1n) is 9.56. The second-order valence-corrected chi connectivity index (χ2v) is 6.42. The second kappa shape index (κ2) is 11.7. The van der Waals surface area contributed by atoms with Crippen molar-refractivity contribution in [1.82, 2.24) is 9.97 Å². The highest BCUT2D eigenvalue weighted by Crippen LogP contribution is 2.28. The molecule has 1 aromatic carbocycles. The largest absolute Gasteiger partial charge is 0.493 e. The monoisotopic (exact) mass is 399 g/mol. The smallest absolute Gasteiger partial charge is 0.177 e. The summed E-state index contributed by atoms with van der Waals surface area (Å²) in [5, 5.41) is 3.80. The van der Waals surface area contributed by atoms with Gasteiger partial charge in [-0.05, 0) is 51.0 Å². The Hall–Kier alpha value is -3.09. The first kappa shape index (κ1) is 22.2. The first-order valence-corrected chi connectivity index (χ1v) is 9.56. The summed E-state index contributed by atoms with van der Waals surface area (Å²) in [4.78, 5) is 13.1. The molecule has 0 amide bonds. The van der Waals surface area contributed by atoms with Crippen molar-refractivity contribution in [3.05, 3.63) is 53.6 Å². The summed E-state index contributed by atoms with van der Waals surface area (Å²) in [6.07, 6.45) is 7.93. The van der Waals surface area contributed by atoms with E-state index in [0.717, 1.165) is 29.0 Å². The van der Waals surface area contributed by atoms with Crippen LogP contribution in [0.1, 0.15) is 37.2 Å². The molecule has 0 unspecified atom stereocenters. The predicted octanol–water partition coefficient (Wildman–Crippen LogP) is 4.27. The van der Waals surface area contributed by atoms with Crippen molar-refractivity contribution in [2.75, 3.05) is 26.9 Å². The molecule has 1 heterocycles. The van der Waals surface area contributed by atoms with Gasteiger partial charge in [-0.2, -0.15) is 0 Å². The van der Waals surface area contributed by atoms with Gasteiger partial charge < -0.3 is 19.0 Å². The fourth-order valence-electron chi connectivity index (χ4n) is 2.64. The fraction of sp³-hybridized carbons (Fsp3) is 0.409. The topological polar surface area (TPSA) is 75.1 Å². The minimum atomic E-state index is 0.506. The van der Waals surface area contributed by atoms with Crippen molar-refractivity contribution in [2.45, 2.75) is 34.1 Å². The number of ether oxygens (including phenoxy) is 3. The van der Waals surface area contributed by atoms with Gasteiger partial charge in [0.1, 0.15) is 30.9 Å². The van der Waals surface area contributed by atoms with Gasteiger partial charge >= 0.3 is 0 Å². The minimum absolute atomic E-state index is 0.506. The van der Waals surface area contributed by atoms with E-state index in [1.54, 1.807) is 19.3 Å². The maximum absolute atomic E-state index is 5.95. The number of hydrogen-bond acceptors (Lipinski definition) is 7. The van der Waals surface area contributed by atoms with Crippen LogP contribution in [0.3, 0.4) is 0 Å². The lowest BCUT2D eigenvalue weighted by Gasteiger charge is -2.14. The van der Waals surface area contributed by atoms with Crippen LogP contribution >= 0.6 is 0 Å². The molecule has 0 aliphatic rings. The summed E-state index contributed by atoms with van der Waals surface area (Å²) >= 11 is 0. The lowest BCUT2D eigenvalue weighted by Crippen LogP contribution is -2.08. The van der Waals surface area contributed by atoms with E-state index in [2.05, 4.69) is 15.1 Å². The van der Waals surface area contributed by atoms with Gasteiger partial charge in [0.25, 0.3) is 0 Å². The van der Waals surface area contributed by atoms with Gasteiger partial charge in [-0.25, -0.2) is 9.97 Å². The maximum Gasteiger partial charge on any atom is 0.177 e. The molecule has 0 N–H and O–H groups in total. The zero-order chi connectivity index (χ0) is 21.1. The lowest BCUT2D eigenvalue weighted by atomic mass is 10.1. The summed E-state index contributed by atoms with van der Waals surface area (Å²) in [5.74, 6) is 2.85. The van der Waals surface area contributed by atoms with Crippen molar-refractivity contribution < 1.29 is 19.0 Å². The molecule has 0 spiro atoms. The molecule has 0 atom stereocenters. The molecule has 7 heteroatoms. The zero-order valence-corrected chi connectivity index (χ0v) is 17.8. The molecule has 0 saturated heterocycles. The van der Waals surface area contributed by atoms with Crippen LogP contribution in [0.5, 0.6) is 17.2 Å². The van der Waals surface area contributed by atoms with E-state index >= 15 is 0 Å². The van der Waals surface area contributed by atoms with E-state index in [1.165, 1.54) is 7.11 Å². The van der Waals surface area contributed by atoms with Crippen molar-refractivity contribution in [3.63, 3.8) is 0 Å². The molecule has 0 aliphatic carbocycles. The fourth-order valence-corrected chi connectivity index (χ4v) is 2.64. The SMILES string of the molecule is C/C=C/COc1cc(C)c(OCCCOc2cnc(/C(C)=N/OC)nc2)c(C)c1. The van der Waals surface area contributed by atoms with Crippen LogP contribution < -0.4 is 14.2 Å². The van der Waals surface area contributed by atoms with Crippen LogP contribution in [-0.4, -0.2) is 42.6 Å². The van der Waals surface area contributed by atoms with Gasteiger partial charge in [0.15, 0.2) is 11.6 Å². The van der Waals surface area contributed by atoms with Gasteiger partial charge in [-0.1, -0.05) is 17.3 Å². The van der Waals surface area contributed by atoms with Crippen LogP contribution in [0.2, 0.25) is 0 Å². The van der Waals surface area contributed by atoms with Crippen LogP contribution in [0.15, 0.2) is 41.8 Å². The quantitative estimate of drug-likeness (QED) is 0.243. The Bertz CT molecular complexity index is 809. The molecule has 0 bridgehead atoms. The standard InChI is InChI=1S/C22H29N3O4/c1-6-7-9-27-19-12-16(2)21(17(3)13-19)29-11-8-10-28-20-14-23-22(24-15-20)18(4)25-26-5/h6-7,12-15H,8-11H2,1-5H3/b7-6+,25-18+. The molecule has 2 rings (SSSR count). The minimum Gasteiger partial charge on any atom is -0.493 e. The van der Waals surface area contributed by atoms with E-state index in [0.29, 0.717) is 37.1 Å². The third kappa shape index (κ3) is 7.10. The zero-order valence-electron chi connectivity index (χ0n) is 17.8. The number of rotatable bonds is 11. The Morgan fingerprint density at radius 1 is 1.00 bits per heavy atom. The molecule has 1 aromatic heterocycles. The Kier molecular flexibility index (Phi) is 8.95. The number of aromatic nitrogens is 2. The van der Waals surface area contributed by atoms with E-state index in [4.69, 9.17) is 19.0 Å². The number of oxime groups is 1. The molecule has 0 radical (unpaired) electrons. The van der Waals surface area contributed by atoms with Gasteiger partial charge in [0, 0.05) is 6.42 Å². The lowest BCUT2D eigenvalue weighted by molar-refractivity contribution is 0.213. The maximum atomic E-state index is 5.95. The second-order valence-electron chi connectivity index (χ2n) is 6.42. The van der Waals surface area contributed by atoms with E-state index in [9.17, 15) is 0 Å². The van der Waals surface area contributed by atoms with Crippen molar-refractivity contribution in [1.29, 1.82) is 0 Å². The molecule has 0 fully saturated rings. The van der Waals surface area contributed by atoms with Gasteiger partial charge in [0.2, 0.25) is 0 Å². The van der Waals surface area contributed by atoms with Gasteiger partial charge in [0.05, 0.1) is 25.6 Å². The summed E-state index contributed by atoms with van der Waals surface area (Å²) < 4.78 is 17.3. The highest BCUT2D eigenvalue weighted by atomic mass is 16.6. The Labute approximate surface area is 172 Å². The number of aryl methyl sites for hydroxylation is 2. The normalized spacial score (nSPS) is 11.6. The molecule has 7 nitrogen and oxygen atoms in total. The van der Waals surface area contributed by atoms with Crippen LogP contribution in [-0.2, 0) is 4.84 Å². The molecular weight excluding hydrogens is 370 g/mol. The number of allylic oxidation sites excluding steroid dienone is 1. The van der Waals surface area contributed by atoms with Gasteiger partial charge in [-0.15, -0.1) is 0 Å². The summed E-state index contributed by atoms with van der Waals surface area (Å²) in [6.45, 7) is 9.43. The van der Waals surface area contributed by atoms with Crippen molar-refractivity contribution >= 4 is 5.71 Å². The number of benzene rings is 1. The molecule has 0 aliphatic heterocycles. The Morgan fingerprint density at radius 3 is 2.28 bits per heavy atom. The molecular formula is C22H29N3O4. The average Bonchev–Trinajstić information content (AvgIpc) is 2.70. The van der Waals surface area contributed by atoms with Crippen LogP contribution in [0.4, 0.5) is 0 Å². The highest BCUT2D eigenvalue weighted by Gasteiger charge is 2.08. The van der Waals surface area contributed by atoms with E-state index in [-0.39, 0.29) is 0 Å². The van der Waals surface area contributed by atoms with E-state index < -0.39 is 0 Å². The number of hydrogen-bond donors (Lipinski definition) is 0. The van der Waals surface area contributed by atoms with E-state index in [1.807, 2.05) is 45.1 Å². The third-order valence-corrected chi connectivity index (χ3v) is 4.00. The van der Waals surface area contributed by atoms with Gasteiger partial charge in [-0.3, -0.25) is 0 Å².